The van der Waals surface area contributed by atoms with Gasteiger partial charge in [-0.2, -0.15) is 0 Å². The molecule has 0 aromatic heterocycles. The van der Waals surface area contributed by atoms with Crippen LogP contribution in [-0.4, -0.2) is 20.6 Å². The molecule has 0 bridgehead atoms. The Bertz CT molecular complexity index is 1170. The highest BCUT2D eigenvalue weighted by atomic mass is 79.9. The van der Waals surface area contributed by atoms with Gasteiger partial charge in [-0.05, 0) is 60.2 Å². The molecule has 3 aromatic carbocycles. The van der Waals surface area contributed by atoms with Crippen LogP contribution in [0.25, 0.3) is 0 Å². The lowest BCUT2D eigenvalue weighted by atomic mass is 10.1. The van der Waals surface area contributed by atoms with Crippen molar-refractivity contribution in [3.63, 3.8) is 0 Å². The maximum atomic E-state index is 13.9. The minimum Gasteiger partial charge on any atom is -0.319 e. The van der Waals surface area contributed by atoms with Crippen molar-refractivity contribution in [1.29, 1.82) is 0 Å². The van der Waals surface area contributed by atoms with Crippen LogP contribution >= 0.6 is 27.5 Å². The van der Waals surface area contributed by atoms with Crippen molar-refractivity contribution in [3.05, 3.63) is 93.2 Å². The maximum absolute atomic E-state index is 13.9. The lowest BCUT2D eigenvalue weighted by molar-refractivity contribution is 0.102. The molecular weight excluding hydrogens is 495 g/mol. The number of rotatable bonds is 6. The topological polar surface area (TPSA) is 66.5 Å². The number of hydrogen-bond donors (Lipinski definition) is 1. The third-order valence-electron chi connectivity index (χ3n) is 4.24. The second-order valence-electron chi connectivity index (χ2n) is 6.52. The van der Waals surface area contributed by atoms with Crippen LogP contribution in [0.4, 0.5) is 15.8 Å². The molecule has 3 rings (SSSR count). The highest BCUT2D eigenvalue weighted by Crippen LogP contribution is 2.23. The van der Waals surface area contributed by atoms with Crippen LogP contribution in [0.15, 0.2) is 71.2 Å². The van der Waals surface area contributed by atoms with Gasteiger partial charge in [-0.25, -0.2) is 12.8 Å². The summed E-state index contributed by atoms with van der Waals surface area (Å²) in [5.74, 6) is -1.08. The van der Waals surface area contributed by atoms with E-state index in [1.165, 1.54) is 40.7 Å². The summed E-state index contributed by atoms with van der Waals surface area (Å²) >= 11 is 9.04. The average molecular weight is 512 g/mol. The molecule has 1 amide bonds. The molecule has 0 heterocycles. The Labute approximate surface area is 187 Å². The number of anilines is 2. The number of hydrogen-bond acceptors (Lipinski definition) is 3. The molecule has 0 unspecified atom stereocenters. The Hall–Kier alpha value is -2.42. The normalized spacial score (nSPS) is 11.2. The average Bonchev–Trinajstić information content (AvgIpc) is 2.69. The molecule has 1 N–H and O–H groups in total. The Balaban J connectivity index is 1.80. The Morgan fingerprint density at radius 2 is 1.70 bits per heavy atom. The first-order valence-corrected chi connectivity index (χ1v) is 11.7. The first-order valence-electron chi connectivity index (χ1n) is 8.72. The van der Waals surface area contributed by atoms with Gasteiger partial charge >= 0.3 is 0 Å². The van der Waals surface area contributed by atoms with Gasteiger partial charge in [-0.3, -0.25) is 9.10 Å². The highest BCUT2D eigenvalue weighted by Gasteiger charge is 2.19. The van der Waals surface area contributed by atoms with Crippen molar-refractivity contribution in [2.24, 2.45) is 0 Å². The van der Waals surface area contributed by atoms with Crippen LogP contribution in [-0.2, 0) is 16.6 Å². The predicted molar refractivity (Wildman–Crippen MR) is 121 cm³/mol. The Morgan fingerprint density at radius 1 is 1.07 bits per heavy atom. The molecule has 0 radical (unpaired) electrons. The van der Waals surface area contributed by atoms with E-state index in [9.17, 15) is 17.6 Å². The van der Waals surface area contributed by atoms with Crippen molar-refractivity contribution in [2.45, 2.75) is 6.54 Å². The third-order valence-corrected chi connectivity index (χ3v) is 6.12. The summed E-state index contributed by atoms with van der Waals surface area (Å²) in [5, 5.41) is 3.06. The van der Waals surface area contributed by atoms with Crippen molar-refractivity contribution in [1.82, 2.24) is 0 Å². The summed E-state index contributed by atoms with van der Waals surface area (Å²) in [7, 11) is -3.57. The molecule has 0 aliphatic heterocycles. The van der Waals surface area contributed by atoms with E-state index in [0.717, 1.165) is 11.8 Å². The number of benzene rings is 3. The maximum Gasteiger partial charge on any atom is 0.255 e. The van der Waals surface area contributed by atoms with Gasteiger partial charge in [0.05, 0.1) is 24.2 Å². The molecule has 0 saturated carbocycles. The van der Waals surface area contributed by atoms with Gasteiger partial charge in [0.1, 0.15) is 5.82 Å². The molecule has 0 fully saturated rings. The monoisotopic (exact) mass is 510 g/mol. The molecule has 30 heavy (non-hydrogen) atoms. The molecule has 0 spiro atoms. The minimum atomic E-state index is -3.57. The fourth-order valence-corrected chi connectivity index (χ4v) is 4.07. The molecule has 0 aliphatic carbocycles. The van der Waals surface area contributed by atoms with E-state index in [-0.39, 0.29) is 17.8 Å². The zero-order valence-electron chi connectivity index (χ0n) is 15.8. The van der Waals surface area contributed by atoms with Crippen molar-refractivity contribution < 1.29 is 17.6 Å². The number of carbonyl (C=O) groups excluding carboxylic acids is 1. The van der Waals surface area contributed by atoms with Gasteiger partial charge in [0.2, 0.25) is 10.0 Å². The van der Waals surface area contributed by atoms with Crippen molar-refractivity contribution in [2.75, 3.05) is 15.9 Å². The Morgan fingerprint density at radius 3 is 2.27 bits per heavy atom. The summed E-state index contributed by atoms with van der Waals surface area (Å²) in [6.07, 6.45) is 1.11. The van der Waals surface area contributed by atoms with Gasteiger partial charge in [0, 0.05) is 15.1 Å². The van der Waals surface area contributed by atoms with E-state index in [1.54, 1.807) is 30.3 Å². The fraction of sp³-hybridized carbons (Fsp3) is 0.0952. The van der Waals surface area contributed by atoms with Gasteiger partial charge in [0.25, 0.3) is 5.91 Å². The van der Waals surface area contributed by atoms with E-state index in [2.05, 4.69) is 21.2 Å². The smallest absolute Gasteiger partial charge is 0.255 e. The van der Waals surface area contributed by atoms with Crippen molar-refractivity contribution in [3.8, 4) is 0 Å². The van der Waals surface area contributed by atoms with E-state index < -0.39 is 21.7 Å². The summed E-state index contributed by atoms with van der Waals surface area (Å²) in [5.41, 5.74) is 1.48. The zero-order chi connectivity index (χ0) is 21.9. The molecular formula is C21H17BrClFN2O3S. The molecule has 0 atom stereocenters. The summed E-state index contributed by atoms with van der Waals surface area (Å²) < 4.78 is 40.3. The number of sulfonamides is 1. The molecule has 0 saturated heterocycles. The first kappa shape index (κ1) is 22.3. The van der Waals surface area contributed by atoms with E-state index in [4.69, 9.17) is 11.6 Å². The molecule has 0 aliphatic rings. The van der Waals surface area contributed by atoms with Gasteiger partial charge in [-0.1, -0.05) is 39.7 Å². The van der Waals surface area contributed by atoms with Crippen LogP contribution in [0.5, 0.6) is 0 Å². The van der Waals surface area contributed by atoms with Crippen LogP contribution in [0, 0.1) is 5.82 Å². The predicted octanol–water partition coefficient (Wildman–Crippen LogP) is 5.46. The van der Waals surface area contributed by atoms with Crippen LogP contribution in [0.2, 0.25) is 5.02 Å². The number of halogens is 3. The summed E-state index contributed by atoms with van der Waals surface area (Å²) in [6, 6.07) is 17.2. The number of carbonyl (C=O) groups is 1. The lowest BCUT2D eigenvalue weighted by Gasteiger charge is -2.23. The van der Waals surface area contributed by atoms with Crippen molar-refractivity contribution >= 4 is 54.8 Å². The summed E-state index contributed by atoms with van der Waals surface area (Å²) in [6.45, 7) is 0.117. The van der Waals surface area contributed by atoms with Crippen LogP contribution < -0.4 is 9.62 Å². The highest BCUT2D eigenvalue weighted by molar-refractivity contribution is 9.10. The van der Waals surface area contributed by atoms with E-state index >= 15 is 0 Å². The van der Waals surface area contributed by atoms with Crippen LogP contribution in [0.3, 0.4) is 0 Å². The fourth-order valence-electron chi connectivity index (χ4n) is 2.72. The standard InChI is InChI=1S/C21H17BrClFN2O3S/c1-30(28,29)26(13-14-2-7-17(23)8-3-14)18-9-4-15(5-10-18)21(27)25-20-11-6-16(22)12-19(20)24/h2-12H,13H2,1H3,(H,25,27). The van der Waals surface area contributed by atoms with Gasteiger partial charge in [0.15, 0.2) is 0 Å². The molecule has 9 heteroatoms. The number of amides is 1. The molecule has 5 nitrogen and oxygen atoms in total. The zero-order valence-corrected chi connectivity index (χ0v) is 18.9. The second-order valence-corrected chi connectivity index (χ2v) is 9.78. The Kier molecular flexibility index (Phi) is 6.80. The number of nitrogens with zero attached hydrogens (tertiary/aromatic N) is 1. The quantitative estimate of drug-likeness (QED) is 0.478. The van der Waals surface area contributed by atoms with Gasteiger partial charge < -0.3 is 5.32 Å². The first-order chi connectivity index (χ1) is 14.1. The molecule has 3 aromatic rings. The van der Waals surface area contributed by atoms with E-state index in [1.807, 2.05) is 0 Å². The largest absolute Gasteiger partial charge is 0.319 e. The molecule has 156 valence electrons. The van der Waals surface area contributed by atoms with Crippen LogP contribution in [0.1, 0.15) is 15.9 Å². The minimum absolute atomic E-state index is 0.0489. The summed E-state index contributed by atoms with van der Waals surface area (Å²) in [4.78, 5) is 12.4. The lowest BCUT2D eigenvalue weighted by Crippen LogP contribution is -2.29. The van der Waals surface area contributed by atoms with E-state index in [0.29, 0.717) is 15.2 Å². The SMILES string of the molecule is CS(=O)(=O)N(Cc1ccc(Cl)cc1)c1ccc(C(=O)Nc2ccc(Br)cc2F)cc1. The third kappa shape index (κ3) is 5.59. The second kappa shape index (κ2) is 9.16. The number of nitrogens with one attached hydrogen (secondary N) is 1. The van der Waals surface area contributed by atoms with Gasteiger partial charge in [-0.15, -0.1) is 0 Å².